The Morgan fingerprint density at radius 2 is 2.38 bits per heavy atom. The molecule has 72 valence electrons. The fraction of sp³-hybridized carbons (Fsp3) is 0.625. The van der Waals surface area contributed by atoms with E-state index in [2.05, 4.69) is 22.6 Å². The van der Waals surface area contributed by atoms with Crippen LogP contribution in [-0.2, 0) is 9.63 Å². The molecule has 0 saturated carbocycles. The van der Waals surface area contributed by atoms with Gasteiger partial charge in [-0.3, -0.25) is 4.79 Å². The van der Waals surface area contributed by atoms with Crippen molar-refractivity contribution in [2.75, 3.05) is 6.61 Å². The fourth-order valence-electron chi connectivity index (χ4n) is 0.831. The van der Waals surface area contributed by atoms with Crippen LogP contribution >= 0.6 is 0 Å². The Hall–Kier alpha value is -1.39. The average Bonchev–Trinajstić information content (AvgIpc) is 2.42. The molecule has 5 nitrogen and oxygen atoms in total. The monoisotopic (exact) mass is 183 g/mol. The van der Waals surface area contributed by atoms with Crippen molar-refractivity contribution in [2.24, 2.45) is 10.3 Å². The summed E-state index contributed by atoms with van der Waals surface area (Å²) < 4.78 is 0. The highest BCUT2D eigenvalue weighted by atomic mass is 16.6. The highest BCUT2D eigenvalue weighted by molar-refractivity contribution is 6.68. The van der Waals surface area contributed by atoms with E-state index in [0.29, 0.717) is 12.3 Å². The second-order valence-corrected chi connectivity index (χ2v) is 2.76. The lowest BCUT2D eigenvalue weighted by Crippen LogP contribution is -2.22. The number of amides is 1. The molecule has 0 aromatic carbocycles. The van der Waals surface area contributed by atoms with Gasteiger partial charge < -0.3 is 4.84 Å². The van der Waals surface area contributed by atoms with Crippen molar-refractivity contribution in [1.82, 2.24) is 5.43 Å². The zero-order valence-corrected chi connectivity index (χ0v) is 7.83. The lowest BCUT2D eigenvalue weighted by atomic mass is 10.3. The molecule has 0 unspecified atom stereocenters. The molecule has 0 spiro atoms. The minimum atomic E-state index is -0.297. The molecule has 0 radical (unpaired) electrons. The maximum atomic E-state index is 11.0. The molecule has 0 saturated heterocycles. The van der Waals surface area contributed by atoms with E-state index >= 15 is 0 Å². The first-order chi connectivity index (χ1) is 6.25. The molecule has 1 N–H and O–H groups in total. The number of hydrogen-bond acceptors (Lipinski definition) is 4. The van der Waals surface area contributed by atoms with Gasteiger partial charge in [-0.05, 0) is 13.3 Å². The first-order valence-corrected chi connectivity index (χ1v) is 4.30. The summed E-state index contributed by atoms with van der Waals surface area (Å²) >= 11 is 0. The summed E-state index contributed by atoms with van der Waals surface area (Å²) in [6.07, 6.45) is 1.98. The van der Waals surface area contributed by atoms with E-state index in [0.717, 1.165) is 12.8 Å². The van der Waals surface area contributed by atoms with Gasteiger partial charge in [-0.15, -0.1) is 0 Å². The third kappa shape index (κ3) is 2.54. The third-order valence-corrected chi connectivity index (χ3v) is 1.63. The second kappa shape index (κ2) is 4.59. The first-order valence-electron chi connectivity index (χ1n) is 4.30. The molecular formula is C8H13N3O2. The first kappa shape index (κ1) is 9.70. The van der Waals surface area contributed by atoms with Crippen molar-refractivity contribution < 1.29 is 9.63 Å². The van der Waals surface area contributed by atoms with E-state index in [1.54, 1.807) is 6.92 Å². The summed E-state index contributed by atoms with van der Waals surface area (Å²) in [4.78, 5) is 16.0. The summed E-state index contributed by atoms with van der Waals surface area (Å²) in [5.74, 6) is -0.297. The summed E-state index contributed by atoms with van der Waals surface area (Å²) in [5.41, 5.74) is 3.14. The number of nitrogens with one attached hydrogen (secondary N) is 1. The Bertz CT molecular complexity index is 258. The number of unbranched alkanes of at least 4 members (excludes halogenated alkanes) is 1. The Kier molecular flexibility index (Phi) is 3.42. The molecule has 1 rings (SSSR count). The van der Waals surface area contributed by atoms with Crippen LogP contribution in [0.2, 0.25) is 0 Å². The van der Waals surface area contributed by atoms with E-state index in [1.807, 2.05) is 0 Å². The third-order valence-electron chi connectivity index (χ3n) is 1.63. The largest absolute Gasteiger partial charge is 0.395 e. The Morgan fingerprint density at radius 3 is 2.92 bits per heavy atom. The zero-order chi connectivity index (χ0) is 9.68. The van der Waals surface area contributed by atoms with Crippen molar-refractivity contribution in [1.29, 1.82) is 0 Å². The quantitative estimate of drug-likeness (QED) is 0.514. The van der Waals surface area contributed by atoms with Gasteiger partial charge in [-0.2, -0.15) is 5.10 Å². The van der Waals surface area contributed by atoms with Crippen LogP contribution in [0.15, 0.2) is 10.3 Å². The molecule has 0 fully saturated rings. The number of carbonyl (C=O) groups is 1. The Morgan fingerprint density at radius 1 is 1.62 bits per heavy atom. The van der Waals surface area contributed by atoms with E-state index in [1.165, 1.54) is 0 Å². The predicted molar refractivity (Wildman–Crippen MR) is 49.5 cm³/mol. The van der Waals surface area contributed by atoms with Gasteiger partial charge in [0.25, 0.3) is 5.91 Å². The maximum Gasteiger partial charge on any atom is 0.295 e. The fourth-order valence-corrected chi connectivity index (χ4v) is 0.831. The normalized spacial score (nSPS) is 18.8. The van der Waals surface area contributed by atoms with Crippen LogP contribution < -0.4 is 5.43 Å². The minimum absolute atomic E-state index is 0.274. The summed E-state index contributed by atoms with van der Waals surface area (Å²) in [6, 6.07) is 0. The number of hydrogen-bond donors (Lipinski definition) is 1. The summed E-state index contributed by atoms with van der Waals surface area (Å²) in [5, 5.41) is 7.40. The van der Waals surface area contributed by atoms with E-state index in [-0.39, 0.29) is 11.6 Å². The topological polar surface area (TPSA) is 63.0 Å². The zero-order valence-electron chi connectivity index (χ0n) is 7.83. The van der Waals surface area contributed by atoms with Gasteiger partial charge in [0.2, 0.25) is 0 Å². The number of nitrogens with zero attached hydrogens (tertiary/aromatic N) is 2. The number of carbonyl (C=O) groups excluding carboxylic acids is 1. The van der Waals surface area contributed by atoms with Crippen molar-refractivity contribution in [3.05, 3.63) is 0 Å². The maximum absolute atomic E-state index is 11.0. The molecular weight excluding hydrogens is 170 g/mol. The van der Waals surface area contributed by atoms with Crippen LogP contribution in [0.25, 0.3) is 0 Å². The van der Waals surface area contributed by atoms with Gasteiger partial charge in [-0.1, -0.05) is 18.5 Å². The average molecular weight is 183 g/mol. The van der Waals surface area contributed by atoms with E-state index in [9.17, 15) is 4.79 Å². The minimum Gasteiger partial charge on any atom is -0.395 e. The van der Waals surface area contributed by atoms with Crippen LogP contribution in [0.3, 0.4) is 0 Å². The van der Waals surface area contributed by atoms with Gasteiger partial charge in [0.1, 0.15) is 6.61 Å². The van der Waals surface area contributed by atoms with Crippen LogP contribution in [0.1, 0.15) is 26.7 Å². The number of oxime groups is 1. The second-order valence-electron chi connectivity index (χ2n) is 2.76. The van der Waals surface area contributed by atoms with Crippen LogP contribution in [0.5, 0.6) is 0 Å². The molecule has 0 bridgehead atoms. The highest BCUT2D eigenvalue weighted by Gasteiger charge is 2.21. The van der Waals surface area contributed by atoms with Crippen molar-refractivity contribution in [2.45, 2.75) is 26.7 Å². The van der Waals surface area contributed by atoms with Gasteiger partial charge in [0.15, 0.2) is 5.71 Å². The van der Waals surface area contributed by atoms with Crippen LogP contribution in [-0.4, -0.2) is 23.9 Å². The van der Waals surface area contributed by atoms with Crippen molar-refractivity contribution in [3.63, 3.8) is 0 Å². The highest BCUT2D eigenvalue weighted by Crippen LogP contribution is 1.95. The van der Waals surface area contributed by atoms with Crippen LogP contribution in [0, 0.1) is 0 Å². The van der Waals surface area contributed by atoms with Crippen molar-refractivity contribution >= 4 is 17.3 Å². The van der Waals surface area contributed by atoms with Gasteiger partial charge >= 0.3 is 0 Å². The lowest BCUT2D eigenvalue weighted by molar-refractivity contribution is -0.114. The molecule has 1 aliphatic heterocycles. The SMILES string of the molecule is CCCCON=C1C(=O)NN=C1C. The molecule has 0 aromatic rings. The summed E-state index contributed by atoms with van der Waals surface area (Å²) in [7, 11) is 0. The standard InChI is InChI=1S/C8H13N3O2/c1-3-4-5-13-11-7-6(2)9-10-8(7)12/h3-5H2,1-2H3,(H,10,11,12). The molecule has 0 aliphatic carbocycles. The van der Waals surface area contributed by atoms with Gasteiger partial charge in [0, 0.05) is 0 Å². The van der Waals surface area contributed by atoms with E-state index < -0.39 is 0 Å². The number of hydrazone groups is 1. The molecule has 1 heterocycles. The Balaban J connectivity index is 2.41. The molecule has 0 atom stereocenters. The van der Waals surface area contributed by atoms with Crippen LogP contribution in [0.4, 0.5) is 0 Å². The van der Waals surface area contributed by atoms with Crippen molar-refractivity contribution in [3.8, 4) is 0 Å². The number of rotatable bonds is 4. The molecule has 5 heteroatoms. The van der Waals surface area contributed by atoms with E-state index in [4.69, 9.17) is 4.84 Å². The molecule has 1 amide bonds. The molecule has 1 aliphatic rings. The predicted octanol–water partition coefficient (Wildman–Crippen LogP) is 0.665. The summed E-state index contributed by atoms with van der Waals surface area (Å²) in [6.45, 7) is 4.31. The van der Waals surface area contributed by atoms with Gasteiger partial charge in [0.05, 0.1) is 5.71 Å². The smallest absolute Gasteiger partial charge is 0.295 e. The lowest BCUT2D eigenvalue weighted by Gasteiger charge is -1.97. The molecule has 13 heavy (non-hydrogen) atoms. The van der Waals surface area contributed by atoms with Gasteiger partial charge in [-0.25, -0.2) is 5.43 Å². The molecule has 0 aromatic heterocycles. The Labute approximate surface area is 76.8 Å².